The quantitative estimate of drug-likeness (QED) is 0.920. The Bertz CT molecular complexity index is 521. The Morgan fingerprint density at radius 1 is 1.44 bits per heavy atom. The zero-order valence-electron chi connectivity index (χ0n) is 10.9. The molecule has 0 aliphatic heterocycles. The van der Waals surface area contributed by atoms with E-state index in [0.717, 1.165) is 23.6 Å². The molecule has 0 amide bonds. The molecule has 0 aromatic carbocycles. The fourth-order valence-corrected chi connectivity index (χ4v) is 2.53. The number of hydrogen-bond acceptors (Lipinski definition) is 5. The van der Waals surface area contributed by atoms with Gasteiger partial charge in [0.25, 0.3) is 0 Å². The monoisotopic (exact) mass is 262 g/mol. The van der Waals surface area contributed by atoms with E-state index in [-0.39, 0.29) is 6.04 Å². The zero-order chi connectivity index (χ0) is 13.1. The van der Waals surface area contributed by atoms with Crippen molar-refractivity contribution in [1.29, 1.82) is 0 Å². The van der Waals surface area contributed by atoms with Crippen LogP contribution in [0.2, 0.25) is 0 Å². The minimum Gasteiger partial charge on any atom is -0.354 e. The fourth-order valence-electron chi connectivity index (χ4n) is 1.70. The molecular weight excluding hydrogens is 244 g/mol. The van der Waals surface area contributed by atoms with Gasteiger partial charge in [0.1, 0.15) is 5.82 Å². The summed E-state index contributed by atoms with van der Waals surface area (Å²) < 4.78 is 0. The number of aromatic nitrogens is 2. The van der Waals surface area contributed by atoms with Crippen LogP contribution in [-0.4, -0.2) is 17.0 Å². The number of anilines is 1. The largest absolute Gasteiger partial charge is 0.354 e. The fraction of sp³-hybridized carbons (Fsp3) is 0.385. The van der Waals surface area contributed by atoms with Gasteiger partial charge >= 0.3 is 0 Å². The Balaban J connectivity index is 2.16. The summed E-state index contributed by atoms with van der Waals surface area (Å²) in [6, 6.07) is 4.03. The third-order valence-electron chi connectivity index (χ3n) is 2.91. The second-order valence-electron chi connectivity index (χ2n) is 4.45. The van der Waals surface area contributed by atoms with Gasteiger partial charge in [0.2, 0.25) is 0 Å². The van der Waals surface area contributed by atoms with Crippen LogP contribution in [0.3, 0.4) is 0 Å². The van der Waals surface area contributed by atoms with Crippen LogP contribution in [0.1, 0.15) is 29.1 Å². The number of nitrogens with two attached hydrogens (primary N) is 1. The number of aryl methyl sites for hydroxylation is 1. The number of pyridine rings is 1. The average Bonchev–Trinajstić information content (AvgIpc) is 2.75. The van der Waals surface area contributed by atoms with E-state index in [1.54, 1.807) is 11.3 Å². The SMILES string of the molecule is Cc1ncsc1CN(C)c1cc([C@H](C)N)ccn1. The van der Waals surface area contributed by atoms with Gasteiger partial charge in [-0.15, -0.1) is 11.3 Å². The van der Waals surface area contributed by atoms with E-state index >= 15 is 0 Å². The van der Waals surface area contributed by atoms with Crippen LogP contribution in [0.5, 0.6) is 0 Å². The molecule has 4 nitrogen and oxygen atoms in total. The predicted molar refractivity (Wildman–Crippen MR) is 75.8 cm³/mol. The van der Waals surface area contributed by atoms with Crippen molar-refractivity contribution in [2.24, 2.45) is 5.73 Å². The molecule has 0 unspecified atom stereocenters. The number of thiazole rings is 1. The van der Waals surface area contributed by atoms with Crippen LogP contribution < -0.4 is 10.6 Å². The van der Waals surface area contributed by atoms with E-state index in [1.165, 1.54) is 4.88 Å². The molecule has 0 bridgehead atoms. The van der Waals surface area contributed by atoms with Crippen molar-refractivity contribution in [3.8, 4) is 0 Å². The summed E-state index contributed by atoms with van der Waals surface area (Å²) in [5, 5.41) is 0. The summed E-state index contributed by atoms with van der Waals surface area (Å²) in [7, 11) is 2.03. The molecule has 2 aromatic heterocycles. The lowest BCUT2D eigenvalue weighted by Gasteiger charge is -2.18. The highest BCUT2D eigenvalue weighted by atomic mass is 32.1. The van der Waals surface area contributed by atoms with E-state index in [0.29, 0.717) is 0 Å². The number of hydrogen-bond donors (Lipinski definition) is 1. The summed E-state index contributed by atoms with van der Waals surface area (Å²) >= 11 is 1.68. The maximum absolute atomic E-state index is 5.89. The topological polar surface area (TPSA) is 55.0 Å². The Labute approximate surface area is 111 Å². The van der Waals surface area contributed by atoms with Crippen molar-refractivity contribution in [2.45, 2.75) is 26.4 Å². The molecule has 2 rings (SSSR count). The lowest BCUT2D eigenvalue weighted by atomic mass is 10.1. The van der Waals surface area contributed by atoms with Crippen molar-refractivity contribution in [1.82, 2.24) is 9.97 Å². The van der Waals surface area contributed by atoms with Crippen LogP contribution in [0.4, 0.5) is 5.82 Å². The first kappa shape index (κ1) is 13.0. The van der Waals surface area contributed by atoms with Gasteiger partial charge in [0, 0.05) is 24.2 Å². The average molecular weight is 262 g/mol. The van der Waals surface area contributed by atoms with Gasteiger partial charge in [-0.1, -0.05) is 0 Å². The van der Waals surface area contributed by atoms with Crippen molar-refractivity contribution in [3.05, 3.63) is 40.0 Å². The molecule has 0 saturated heterocycles. The maximum Gasteiger partial charge on any atom is 0.128 e. The lowest BCUT2D eigenvalue weighted by Crippen LogP contribution is -2.18. The van der Waals surface area contributed by atoms with Crippen molar-refractivity contribution in [2.75, 3.05) is 11.9 Å². The molecule has 0 radical (unpaired) electrons. The van der Waals surface area contributed by atoms with Crippen molar-refractivity contribution >= 4 is 17.2 Å². The highest BCUT2D eigenvalue weighted by Crippen LogP contribution is 2.20. The van der Waals surface area contributed by atoms with Gasteiger partial charge in [-0.25, -0.2) is 9.97 Å². The first-order valence-electron chi connectivity index (χ1n) is 5.89. The van der Waals surface area contributed by atoms with Crippen molar-refractivity contribution in [3.63, 3.8) is 0 Å². The van der Waals surface area contributed by atoms with Crippen LogP contribution in [0.15, 0.2) is 23.8 Å². The molecule has 18 heavy (non-hydrogen) atoms. The van der Waals surface area contributed by atoms with Gasteiger partial charge < -0.3 is 10.6 Å². The standard InChI is InChI=1S/C13H18N4S/c1-9(14)11-4-5-15-13(6-11)17(3)7-12-10(2)16-8-18-12/h4-6,8-9H,7,14H2,1-3H3/t9-/m0/s1. The maximum atomic E-state index is 5.89. The first-order chi connectivity index (χ1) is 8.58. The molecule has 0 spiro atoms. The van der Waals surface area contributed by atoms with Gasteiger partial charge in [0.15, 0.2) is 0 Å². The Kier molecular flexibility index (Phi) is 3.93. The number of nitrogens with zero attached hydrogens (tertiary/aromatic N) is 3. The molecule has 96 valence electrons. The van der Waals surface area contributed by atoms with Crippen molar-refractivity contribution < 1.29 is 0 Å². The number of rotatable bonds is 4. The molecule has 0 saturated carbocycles. The molecule has 0 fully saturated rings. The first-order valence-corrected chi connectivity index (χ1v) is 6.77. The Morgan fingerprint density at radius 2 is 2.22 bits per heavy atom. The Morgan fingerprint density at radius 3 is 2.83 bits per heavy atom. The molecule has 0 aliphatic rings. The zero-order valence-corrected chi connectivity index (χ0v) is 11.7. The van der Waals surface area contributed by atoms with E-state index in [1.807, 2.05) is 44.7 Å². The van der Waals surface area contributed by atoms with E-state index in [2.05, 4.69) is 14.9 Å². The highest BCUT2D eigenvalue weighted by Gasteiger charge is 2.09. The van der Waals surface area contributed by atoms with Crippen LogP contribution in [0.25, 0.3) is 0 Å². The van der Waals surface area contributed by atoms with Crippen LogP contribution in [-0.2, 0) is 6.54 Å². The third-order valence-corrected chi connectivity index (χ3v) is 3.83. The van der Waals surface area contributed by atoms with E-state index < -0.39 is 0 Å². The van der Waals surface area contributed by atoms with Crippen LogP contribution >= 0.6 is 11.3 Å². The third kappa shape index (κ3) is 2.86. The minimum atomic E-state index is 0.0327. The Hall–Kier alpha value is -1.46. The molecule has 0 aliphatic carbocycles. The molecule has 2 aromatic rings. The second kappa shape index (κ2) is 5.46. The molecule has 1 atom stereocenters. The highest BCUT2D eigenvalue weighted by molar-refractivity contribution is 7.09. The molecule has 5 heteroatoms. The predicted octanol–water partition coefficient (Wildman–Crippen LogP) is 2.50. The minimum absolute atomic E-state index is 0.0327. The van der Waals surface area contributed by atoms with Gasteiger partial charge in [-0.3, -0.25) is 0 Å². The second-order valence-corrected chi connectivity index (χ2v) is 5.39. The van der Waals surface area contributed by atoms with Gasteiger partial charge in [-0.05, 0) is 31.5 Å². The summed E-state index contributed by atoms with van der Waals surface area (Å²) in [5.41, 5.74) is 9.97. The van der Waals surface area contributed by atoms with E-state index in [4.69, 9.17) is 5.73 Å². The van der Waals surface area contributed by atoms with Gasteiger partial charge in [0.05, 0.1) is 17.7 Å². The van der Waals surface area contributed by atoms with Crippen LogP contribution in [0, 0.1) is 6.92 Å². The summed E-state index contributed by atoms with van der Waals surface area (Å²) in [6.45, 7) is 4.84. The molecule has 2 heterocycles. The summed E-state index contributed by atoms with van der Waals surface area (Å²) in [6.07, 6.45) is 1.81. The smallest absolute Gasteiger partial charge is 0.128 e. The van der Waals surface area contributed by atoms with Gasteiger partial charge in [-0.2, -0.15) is 0 Å². The molecular formula is C13H18N4S. The lowest BCUT2D eigenvalue weighted by molar-refractivity contribution is 0.809. The normalized spacial score (nSPS) is 12.4. The van der Waals surface area contributed by atoms with E-state index in [9.17, 15) is 0 Å². The molecule has 2 N–H and O–H groups in total. The summed E-state index contributed by atoms with van der Waals surface area (Å²) in [4.78, 5) is 12.0. The summed E-state index contributed by atoms with van der Waals surface area (Å²) in [5.74, 6) is 0.942.